The fourth-order valence-corrected chi connectivity index (χ4v) is 2.38. The largest absolute Gasteiger partial charge is 0.493 e. The molecule has 1 aliphatic heterocycles. The van der Waals surface area contributed by atoms with E-state index in [1.165, 1.54) is 11.1 Å². The van der Waals surface area contributed by atoms with Crippen LogP contribution >= 0.6 is 15.9 Å². The molecule has 1 unspecified atom stereocenters. The standard InChI is InChI=1S/C13H16BrNO/c1-3-9(2)15-8-11-7-12(14)6-10-4-5-16-13(10)11/h3,6-7,9,15H,1,4-5,8H2,2H3. The maximum Gasteiger partial charge on any atom is 0.127 e. The van der Waals surface area contributed by atoms with Gasteiger partial charge in [-0.1, -0.05) is 22.0 Å². The molecule has 0 aromatic heterocycles. The number of rotatable bonds is 4. The Hall–Kier alpha value is -0.800. The molecule has 1 aliphatic rings. The van der Waals surface area contributed by atoms with Gasteiger partial charge in [0.05, 0.1) is 6.61 Å². The Morgan fingerprint density at radius 3 is 3.19 bits per heavy atom. The van der Waals surface area contributed by atoms with E-state index >= 15 is 0 Å². The van der Waals surface area contributed by atoms with Crippen LogP contribution < -0.4 is 10.1 Å². The van der Waals surface area contributed by atoms with E-state index in [0.717, 1.165) is 29.8 Å². The first-order valence-electron chi connectivity index (χ1n) is 5.50. The van der Waals surface area contributed by atoms with E-state index in [9.17, 15) is 0 Å². The molecule has 2 rings (SSSR count). The Morgan fingerprint density at radius 2 is 2.44 bits per heavy atom. The van der Waals surface area contributed by atoms with E-state index in [2.05, 4.69) is 46.9 Å². The summed E-state index contributed by atoms with van der Waals surface area (Å²) in [4.78, 5) is 0. The summed E-state index contributed by atoms with van der Waals surface area (Å²) in [7, 11) is 0. The summed E-state index contributed by atoms with van der Waals surface area (Å²) < 4.78 is 6.79. The molecule has 1 aromatic rings. The van der Waals surface area contributed by atoms with Gasteiger partial charge in [-0.05, 0) is 24.6 Å². The molecule has 0 aliphatic carbocycles. The Labute approximate surface area is 105 Å². The van der Waals surface area contributed by atoms with E-state index in [1.54, 1.807) is 0 Å². The molecule has 3 heteroatoms. The minimum Gasteiger partial charge on any atom is -0.493 e. The monoisotopic (exact) mass is 281 g/mol. The minimum absolute atomic E-state index is 0.316. The van der Waals surface area contributed by atoms with Crippen molar-refractivity contribution < 1.29 is 4.74 Å². The lowest BCUT2D eigenvalue weighted by Gasteiger charge is -2.12. The van der Waals surface area contributed by atoms with E-state index in [-0.39, 0.29) is 0 Å². The lowest BCUT2D eigenvalue weighted by Crippen LogP contribution is -2.23. The normalized spacial score (nSPS) is 15.4. The first-order chi connectivity index (χ1) is 7.70. The second kappa shape index (κ2) is 5.02. The molecule has 1 N–H and O–H groups in total. The zero-order valence-electron chi connectivity index (χ0n) is 9.42. The molecular weight excluding hydrogens is 266 g/mol. The highest BCUT2D eigenvalue weighted by molar-refractivity contribution is 9.10. The van der Waals surface area contributed by atoms with Crippen LogP contribution in [0.3, 0.4) is 0 Å². The number of benzene rings is 1. The average molecular weight is 282 g/mol. The van der Waals surface area contributed by atoms with Crippen molar-refractivity contribution in [3.63, 3.8) is 0 Å². The molecule has 0 saturated heterocycles. The fourth-order valence-electron chi connectivity index (χ4n) is 1.83. The average Bonchev–Trinajstić information content (AvgIpc) is 2.73. The van der Waals surface area contributed by atoms with Crippen LogP contribution in [-0.4, -0.2) is 12.6 Å². The lowest BCUT2D eigenvalue weighted by molar-refractivity contribution is 0.352. The molecular formula is C13H16BrNO. The molecule has 0 bridgehead atoms. The summed E-state index contributed by atoms with van der Waals surface area (Å²) in [5, 5.41) is 3.39. The van der Waals surface area contributed by atoms with Crippen molar-refractivity contribution in [3.8, 4) is 5.75 Å². The number of halogens is 1. The Bertz CT molecular complexity index is 403. The van der Waals surface area contributed by atoms with Gasteiger partial charge in [0.25, 0.3) is 0 Å². The summed E-state index contributed by atoms with van der Waals surface area (Å²) in [6, 6.07) is 4.58. The van der Waals surface area contributed by atoms with Gasteiger partial charge < -0.3 is 10.1 Å². The zero-order valence-corrected chi connectivity index (χ0v) is 11.0. The predicted octanol–water partition coefficient (Wildman–Crippen LogP) is 3.05. The first-order valence-corrected chi connectivity index (χ1v) is 6.30. The summed E-state index contributed by atoms with van der Waals surface area (Å²) >= 11 is 3.54. The highest BCUT2D eigenvalue weighted by atomic mass is 79.9. The number of hydrogen-bond donors (Lipinski definition) is 1. The van der Waals surface area contributed by atoms with Gasteiger partial charge in [-0.2, -0.15) is 0 Å². The summed E-state index contributed by atoms with van der Waals surface area (Å²) in [5.74, 6) is 1.06. The van der Waals surface area contributed by atoms with Crippen molar-refractivity contribution in [1.29, 1.82) is 0 Å². The van der Waals surface area contributed by atoms with Gasteiger partial charge in [-0.25, -0.2) is 0 Å². The van der Waals surface area contributed by atoms with Crippen LogP contribution in [-0.2, 0) is 13.0 Å². The van der Waals surface area contributed by atoms with Crippen molar-refractivity contribution in [2.75, 3.05) is 6.61 Å². The molecule has 1 atom stereocenters. The topological polar surface area (TPSA) is 21.3 Å². The molecule has 2 nitrogen and oxygen atoms in total. The van der Waals surface area contributed by atoms with Gasteiger partial charge in [0, 0.05) is 29.0 Å². The minimum atomic E-state index is 0.316. The van der Waals surface area contributed by atoms with Crippen molar-refractivity contribution in [3.05, 3.63) is 40.4 Å². The second-order valence-electron chi connectivity index (χ2n) is 4.06. The number of hydrogen-bond acceptors (Lipinski definition) is 2. The molecule has 16 heavy (non-hydrogen) atoms. The summed E-state index contributed by atoms with van der Waals surface area (Å²) in [5.41, 5.74) is 2.52. The van der Waals surface area contributed by atoms with Crippen LogP contribution in [0.2, 0.25) is 0 Å². The van der Waals surface area contributed by atoms with E-state index in [4.69, 9.17) is 4.74 Å². The Morgan fingerprint density at radius 1 is 1.62 bits per heavy atom. The van der Waals surface area contributed by atoms with Crippen LogP contribution in [0.5, 0.6) is 5.75 Å². The fraction of sp³-hybridized carbons (Fsp3) is 0.385. The van der Waals surface area contributed by atoms with Gasteiger partial charge in [0.15, 0.2) is 0 Å². The van der Waals surface area contributed by atoms with Crippen molar-refractivity contribution >= 4 is 15.9 Å². The maximum absolute atomic E-state index is 5.66. The van der Waals surface area contributed by atoms with Gasteiger partial charge in [0.1, 0.15) is 5.75 Å². The van der Waals surface area contributed by atoms with Crippen LogP contribution in [0, 0.1) is 0 Å². The number of ether oxygens (including phenoxy) is 1. The molecule has 0 amide bonds. The Kier molecular flexibility index (Phi) is 3.66. The van der Waals surface area contributed by atoms with Gasteiger partial charge >= 0.3 is 0 Å². The number of nitrogens with one attached hydrogen (secondary N) is 1. The van der Waals surface area contributed by atoms with Crippen LogP contribution in [0.4, 0.5) is 0 Å². The molecule has 0 fully saturated rings. The SMILES string of the molecule is C=CC(C)NCc1cc(Br)cc2c1OCC2. The van der Waals surface area contributed by atoms with Crippen LogP contribution in [0.15, 0.2) is 29.3 Å². The Balaban J connectivity index is 2.17. The van der Waals surface area contributed by atoms with Crippen molar-refractivity contribution in [2.45, 2.75) is 25.9 Å². The maximum atomic E-state index is 5.66. The quantitative estimate of drug-likeness (QED) is 0.857. The zero-order chi connectivity index (χ0) is 11.5. The van der Waals surface area contributed by atoms with E-state index < -0.39 is 0 Å². The summed E-state index contributed by atoms with van der Waals surface area (Å²) in [6.07, 6.45) is 2.91. The smallest absolute Gasteiger partial charge is 0.127 e. The molecule has 0 saturated carbocycles. The van der Waals surface area contributed by atoms with Crippen LogP contribution in [0.1, 0.15) is 18.1 Å². The number of fused-ring (bicyclic) bond motifs is 1. The first kappa shape index (κ1) is 11.7. The van der Waals surface area contributed by atoms with Gasteiger partial charge in [-0.15, -0.1) is 6.58 Å². The van der Waals surface area contributed by atoms with E-state index in [0.29, 0.717) is 6.04 Å². The predicted molar refractivity (Wildman–Crippen MR) is 69.8 cm³/mol. The third kappa shape index (κ3) is 2.47. The molecule has 0 radical (unpaired) electrons. The van der Waals surface area contributed by atoms with Gasteiger partial charge in [-0.3, -0.25) is 0 Å². The lowest BCUT2D eigenvalue weighted by atomic mass is 10.1. The van der Waals surface area contributed by atoms with Crippen molar-refractivity contribution in [2.24, 2.45) is 0 Å². The third-order valence-corrected chi connectivity index (χ3v) is 3.25. The van der Waals surface area contributed by atoms with Crippen molar-refractivity contribution in [1.82, 2.24) is 5.32 Å². The molecule has 1 aromatic carbocycles. The summed E-state index contributed by atoms with van der Waals surface area (Å²) in [6.45, 7) is 7.47. The molecule has 1 heterocycles. The highest BCUT2D eigenvalue weighted by Crippen LogP contribution is 2.32. The molecule has 0 spiro atoms. The van der Waals surface area contributed by atoms with Gasteiger partial charge in [0.2, 0.25) is 0 Å². The van der Waals surface area contributed by atoms with Crippen LogP contribution in [0.25, 0.3) is 0 Å². The molecule has 86 valence electrons. The second-order valence-corrected chi connectivity index (χ2v) is 4.97. The van der Waals surface area contributed by atoms with E-state index in [1.807, 2.05) is 6.08 Å². The third-order valence-electron chi connectivity index (χ3n) is 2.79. The highest BCUT2D eigenvalue weighted by Gasteiger charge is 2.17.